The van der Waals surface area contributed by atoms with Crippen molar-refractivity contribution in [1.29, 1.82) is 0 Å². The molecule has 2 aromatic carbocycles. The predicted molar refractivity (Wildman–Crippen MR) is 177 cm³/mol. The monoisotopic (exact) mass is 647 g/mol. The number of halogens is 2. The molecule has 2 saturated heterocycles. The van der Waals surface area contributed by atoms with Gasteiger partial charge in [0, 0.05) is 61.4 Å². The second-order valence-corrected chi connectivity index (χ2v) is 13.1. The van der Waals surface area contributed by atoms with Crippen LogP contribution in [0, 0.1) is 12.0 Å². The van der Waals surface area contributed by atoms with E-state index < -0.39 is 17.8 Å². The van der Waals surface area contributed by atoms with Gasteiger partial charge in [0.25, 0.3) is 5.91 Å². The van der Waals surface area contributed by atoms with Crippen LogP contribution in [0.15, 0.2) is 48.8 Å². The largest absolute Gasteiger partial charge is 0.463 e. The fourth-order valence-electron chi connectivity index (χ4n) is 7.01. The second-order valence-electron chi connectivity index (χ2n) is 12.7. The molecule has 0 bridgehead atoms. The Labute approximate surface area is 274 Å². The van der Waals surface area contributed by atoms with Crippen molar-refractivity contribution < 1.29 is 18.7 Å². The van der Waals surface area contributed by atoms with Crippen LogP contribution in [0.2, 0.25) is 5.02 Å². The maximum absolute atomic E-state index is 13.9. The number of aromatic nitrogens is 2. The van der Waals surface area contributed by atoms with Gasteiger partial charge in [-0.2, -0.15) is 9.97 Å². The smallest absolute Gasteiger partial charge is 0.318 e. The van der Waals surface area contributed by atoms with E-state index in [0.29, 0.717) is 50.9 Å². The molecule has 0 saturated carbocycles. The van der Waals surface area contributed by atoms with Crippen LogP contribution in [0.1, 0.15) is 17.7 Å². The van der Waals surface area contributed by atoms with Gasteiger partial charge in [-0.15, -0.1) is 0 Å². The van der Waals surface area contributed by atoms with Crippen molar-refractivity contribution in [3.8, 4) is 6.01 Å². The van der Waals surface area contributed by atoms with E-state index in [9.17, 15) is 9.18 Å². The molecule has 1 aromatic heterocycles. The molecule has 0 radical (unpaired) electrons. The highest BCUT2D eigenvalue weighted by atomic mass is 35.5. The first-order valence-electron chi connectivity index (χ1n) is 15.6. The van der Waals surface area contributed by atoms with Gasteiger partial charge in [0.1, 0.15) is 18.5 Å². The lowest BCUT2D eigenvalue weighted by molar-refractivity contribution is -0.131. The van der Waals surface area contributed by atoms with E-state index in [4.69, 9.17) is 37.6 Å². The molecular weight excluding hydrogens is 609 g/mol. The summed E-state index contributed by atoms with van der Waals surface area (Å²) >= 11 is 6.71. The number of fused-ring (bicyclic) bond motifs is 2. The SMILES string of the molecule is [C-]#[N+]C[C@H]1CN(c2nc(OCC3(CN(C)C)CCOC3)nc3c2CCN(c2cccc4cccc(Cl)c24)C3)CCN1C(=O)C(=C)F. The van der Waals surface area contributed by atoms with Crippen molar-refractivity contribution in [1.82, 2.24) is 19.8 Å². The Morgan fingerprint density at radius 3 is 2.74 bits per heavy atom. The van der Waals surface area contributed by atoms with Crippen molar-refractivity contribution in [2.75, 3.05) is 83.0 Å². The number of benzene rings is 2. The van der Waals surface area contributed by atoms with Gasteiger partial charge in [-0.05, 0) is 44.5 Å². The molecule has 6 rings (SSSR count). The molecule has 3 aliphatic rings. The third kappa shape index (κ3) is 6.47. The number of piperazine rings is 1. The minimum atomic E-state index is -1.02. The molecule has 3 aromatic rings. The van der Waals surface area contributed by atoms with Crippen molar-refractivity contribution in [3.63, 3.8) is 0 Å². The van der Waals surface area contributed by atoms with Crippen LogP contribution >= 0.6 is 11.6 Å². The summed E-state index contributed by atoms with van der Waals surface area (Å²) in [6, 6.07) is 11.9. The summed E-state index contributed by atoms with van der Waals surface area (Å²) in [6.07, 6.45) is 1.56. The van der Waals surface area contributed by atoms with Crippen LogP contribution in [0.4, 0.5) is 15.9 Å². The molecule has 12 heteroatoms. The summed E-state index contributed by atoms with van der Waals surface area (Å²) in [5, 5.41) is 2.78. The van der Waals surface area contributed by atoms with E-state index in [0.717, 1.165) is 53.0 Å². The van der Waals surface area contributed by atoms with Crippen LogP contribution in [0.25, 0.3) is 15.6 Å². The zero-order valence-electron chi connectivity index (χ0n) is 26.3. The van der Waals surface area contributed by atoms with Crippen molar-refractivity contribution >= 4 is 39.8 Å². The van der Waals surface area contributed by atoms with Crippen LogP contribution in [-0.2, 0) is 22.5 Å². The highest BCUT2D eigenvalue weighted by Crippen LogP contribution is 2.38. The lowest BCUT2D eigenvalue weighted by atomic mass is 9.88. The molecule has 46 heavy (non-hydrogen) atoms. The van der Waals surface area contributed by atoms with Crippen molar-refractivity contribution in [2.24, 2.45) is 5.41 Å². The standard InChI is InChI=1S/C34H39ClFN7O3/c1-23(36)32(44)43-15-14-42(18-25(43)17-37-2)31-26-11-13-41(29-10-6-8-24-7-5-9-27(35)30(24)29)19-28(26)38-33(39-31)46-22-34(20-40(3)4)12-16-45-21-34/h5-10,25H,1,11-22H2,3-4H3/t25-,34?/m0/s1. The Bertz CT molecular complexity index is 1670. The van der Waals surface area contributed by atoms with Gasteiger partial charge in [0.05, 0.1) is 23.9 Å². The number of carbonyl (C=O) groups is 1. The minimum absolute atomic E-state index is 0.0504. The molecule has 2 fully saturated rings. The molecular formula is C34H39ClFN7O3. The number of anilines is 2. The quantitative estimate of drug-likeness (QED) is 0.246. The Morgan fingerprint density at radius 2 is 2.02 bits per heavy atom. The number of rotatable bonds is 9. The molecule has 4 heterocycles. The molecule has 0 aliphatic carbocycles. The van der Waals surface area contributed by atoms with Gasteiger partial charge >= 0.3 is 6.01 Å². The summed E-state index contributed by atoms with van der Waals surface area (Å²) in [6.45, 7) is 15.5. The summed E-state index contributed by atoms with van der Waals surface area (Å²) in [5.74, 6) is -1.05. The zero-order chi connectivity index (χ0) is 32.4. The van der Waals surface area contributed by atoms with Gasteiger partial charge in [-0.25, -0.2) is 11.0 Å². The fraction of sp³-hybridized carbons (Fsp3) is 0.471. The first-order chi connectivity index (χ1) is 22.2. The number of carbonyl (C=O) groups excluding carboxylic acids is 1. The fourth-order valence-corrected chi connectivity index (χ4v) is 7.29. The summed E-state index contributed by atoms with van der Waals surface area (Å²) in [5.41, 5.74) is 2.74. The zero-order valence-corrected chi connectivity index (χ0v) is 27.1. The Hall–Kier alpha value is -3.98. The topological polar surface area (TPSA) is 78.6 Å². The molecule has 0 spiro atoms. The first-order valence-corrected chi connectivity index (χ1v) is 16.0. The molecule has 10 nitrogen and oxygen atoms in total. The van der Waals surface area contributed by atoms with Crippen LogP contribution < -0.4 is 14.5 Å². The van der Waals surface area contributed by atoms with E-state index in [-0.39, 0.29) is 24.5 Å². The normalized spacial score (nSPS) is 21.4. The number of nitrogens with zero attached hydrogens (tertiary/aromatic N) is 7. The Balaban J connectivity index is 1.35. The van der Waals surface area contributed by atoms with Crippen molar-refractivity contribution in [3.05, 3.63) is 76.5 Å². The lowest BCUT2D eigenvalue weighted by Crippen LogP contribution is -2.57. The van der Waals surface area contributed by atoms with E-state index >= 15 is 0 Å². The summed E-state index contributed by atoms with van der Waals surface area (Å²) < 4.78 is 26.1. The number of amides is 1. The van der Waals surface area contributed by atoms with E-state index in [2.05, 4.69) is 44.3 Å². The number of hydrogen-bond acceptors (Lipinski definition) is 8. The van der Waals surface area contributed by atoms with E-state index in [1.807, 2.05) is 32.3 Å². The third-order valence-corrected chi connectivity index (χ3v) is 9.43. The molecule has 1 amide bonds. The maximum atomic E-state index is 13.9. The van der Waals surface area contributed by atoms with Crippen LogP contribution in [0.3, 0.4) is 0 Å². The minimum Gasteiger partial charge on any atom is -0.463 e. The maximum Gasteiger partial charge on any atom is 0.318 e. The summed E-state index contributed by atoms with van der Waals surface area (Å²) in [7, 11) is 4.09. The van der Waals surface area contributed by atoms with Crippen molar-refractivity contribution in [2.45, 2.75) is 25.4 Å². The molecule has 0 N–H and O–H groups in total. The molecule has 3 aliphatic heterocycles. The predicted octanol–water partition coefficient (Wildman–Crippen LogP) is 4.61. The second kappa shape index (κ2) is 13.4. The number of ether oxygens (including phenoxy) is 2. The van der Waals surface area contributed by atoms with Gasteiger partial charge in [-0.3, -0.25) is 4.79 Å². The average Bonchev–Trinajstić information content (AvgIpc) is 3.50. The van der Waals surface area contributed by atoms with Gasteiger partial charge < -0.3 is 33.9 Å². The van der Waals surface area contributed by atoms with E-state index in [1.165, 1.54) is 4.90 Å². The summed E-state index contributed by atoms with van der Waals surface area (Å²) in [4.78, 5) is 34.0. The molecule has 2 atom stereocenters. The molecule has 1 unspecified atom stereocenters. The first kappa shape index (κ1) is 32.0. The van der Waals surface area contributed by atoms with Crippen LogP contribution in [-0.4, -0.2) is 105 Å². The lowest BCUT2D eigenvalue weighted by Gasteiger charge is -2.41. The Morgan fingerprint density at radius 1 is 1.22 bits per heavy atom. The van der Waals surface area contributed by atoms with Gasteiger partial charge in [0.15, 0.2) is 5.83 Å². The molecule has 242 valence electrons. The Kier molecular flexibility index (Phi) is 9.32. The van der Waals surface area contributed by atoms with E-state index in [1.54, 1.807) is 0 Å². The van der Waals surface area contributed by atoms with Gasteiger partial charge in [-0.1, -0.05) is 42.4 Å². The average molecular weight is 648 g/mol. The number of hydrogen-bond donors (Lipinski definition) is 0. The van der Waals surface area contributed by atoms with Gasteiger partial charge in [0.2, 0.25) is 6.54 Å². The van der Waals surface area contributed by atoms with Crippen LogP contribution in [0.5, 0.6) is 6.01 Å². The third-order valence-electron chi connectivity index (χ3n) is 9.12. The highest BCUT2D eigenvalue weighted by Gasteiger charge is 2.39. The highest BCUT2D eigenvalue weighted by molar-refractivity contribution is 6.36.